The number of nitrogens with zero attached hydrogens (tertiary/aromatic N) is 2. The Morgan fingerprint density at radius 1 is 1.12 bits per heavy atom. The van der Waals surface area contributed by atoms with Crippen LogP contribution in [0.2, 0.25) is 0 Å². The molecule has 3 aromatic rings. The molecule has 0 aliphatic heterocycles. The number of pyridine rings is 1. The molecule has 5 nitrogen and oxygen atoms in total. The lowest BCUT2D eigenvalue weighted by Crippen LogP contribution is -2.21. The number of nitrogens with one attached hydrogen (secondary N) is 1. The maximum Gasteiger partial charge on any atom is 0.255 e. The smallest absolute Gasteiger partial charge is 0.255 e. The van der Waals surface area contributed by atoms with Crippen molar-refractivity contribution in [2.75, 3.05) is 7.11 Å². The van der Waals surface area contributed by atoms with Crippen LogP contribution in [0.25, 0.3) is 16.6 Å². The predicted octanol–water partition coefficient (Wildman–Crippen LogP) is 4.24. The molecule has 3 rings (SSSR count). The number of carbonyl (C=O) groups excluding carboxylic acids is 1. The fraction of sp³-hybridized carbons (Fsp3) is 0.143. The second-order valence-corrected chi connectivity index (χ2v) is 5.96. The monoisotopic (exact) mass is 347 g/mol. The molecule has 0 fully saturated rings. The van der Waals surface area contributed by atoms with Crippen molar-refractivity contribution in [2.45, 2.75) is 13.8 Å². The van der Waals surface area contributed by atoms with E-state index >= 15 is 0 Å². The zero-order valence-electron chi connectivity index (χ0n) is 15.1. The highest BCUT2D eigenvalue weighted by Gasteiger charge is 2.06. The Morgan fingerprint density at radius 2 is 1.88 bits per heavy atom. The van der Waals surface area contributed by atoms with Gasteiger partial charge in [-0.05, 0) is 62.4 Å². The Labute approximate surface area is 152 Å². The number of hydrogen-bond acceptors (Lipinski definition) is 3. The number of allylic oxidation sites excluding steroid dienone is 4. The van der Waals surface area contributed by atoms with E-state index in [9.17, 15) is 4.79 Å². The van der Waals surface area contributed by atoms with Crippen LogP contribution in [0.1, 0.15) is 24.2 Å². The molecular weight excluding hydrogens is 326 g/mol. The number of carbonyl (C=O) groups is 1. The first-order valence-corrected chi connectivity index (χ1v) is 8.30. The van der Waals surface area contributed by atoms with Crippen molar-refractivity contribution in [1.29, 1.82) is 0 Å². The number of methoxy groups -OCH3 is 1. The van der Waals surface area contributed by atoms with E-state index in [-0.39, 0.29) is 5.91 Å². The molecule has 26 heavy (non-hydrogen) atoms. The molecule has 0 bridgehead atoms. The van der Waals surface area contributed by atoms with Crippen LogP contribution in [0.4, 0.5) is 0 Å². The van der Waals surface area contributed by atoms with E-state index in [1.54, 1.807) is 37.6 Å². The van der Waals surface area contributed by atoms with Gasteiger partial charge in [0.2, 0.25) is 0 Å². The molecule has 0 saturated carbocycles. The second kappa shape index (κ2) is 7.70. The van der Waals surface area contributed by atoms with Crippen molar-refractivity contribution in [3.8, 4) is 5.75 Å². The molecule has 0 atom stereocenters. The summed E-state index contributed by atoms with van der Waals surface area (Å²) in [6.07, 6.45) is 9.49. The molecule has 0 radical (unpaired) electrons. The van der Waals surface area contributed by atoms with Crippen LogP contribution in [0.15, 0.2) is 72.8 Å². The average Bonchev–Trinajstić information content (AvgIpc) is 3.10. The molecule has 0 unspecified atom stereocenters. The van der Waals surface area contributed by atoms with Gasteiger partial charge in [-0.2, -0.15) is 0 Å². The van der Waals surface area contributed by atoms with Crippen LogP contribution in [-0.4, -0.2) is 22.6 Å². The molecule has 1 N–H and O–H groups in total. The Balaban J connectivity index is 1.72. The summed E-state index contributed by atoms with van der Waals surface area (Å²) in [7, 11) is 1.60. The van der Waals surface area contributed by atoms with E-state index in [0.717, 1.165) is 28.0 Å². The molecule has 0 spiro atoms. The summed E-state index contributed by atoms with van der Waals surface area (Å²) in [6, 6.07) is 11.0. The van der Waals surface area contributed by atoms with Gasteiger partial charge < -0.3 is 14.6 Å². The minimum absolute atomic E-state index is 0.150. The average molecular weight is 347 g/mol. The maximum atomic E-state index is 12.3. The zero-order valence-corrected chi connectivity index (χ0v) is 15.1. The lowest BCUT2D eigenvalue weighted by Gasteiger charge is -2.07. The highest BCUT2D eigenvalue weighted by Crippen LogP contribution is 2.18. The van der Waals surface area contributed by atoms with Crippen LogP contribution >= 0.6 is 0 Å². The normalized spacial score (nSPS) is 12.3. The van der Waals surface area contributed by atoms with Gasteiger partial charge in [-0.3, -0.25) is 9.78 Å². The highest BCUT2D eigenvalue weighted by atomic mass is 16.5. The van der Waals surface area contributed by atoms with Gasteiger partial charge in [0.15, 0.2) is 0 Å². The third kappa shape index (κ3) is 3.83. The van der Waals surface area contributed by atoms with Gasteiger partial charge in [-0.1, -0.05) is 0 Å². The van der Waals surface area contributed by atoms with Gasteiger partial charge in [0.1, 0.15) is 5.75 Å². The summed E-state index contributed by atoms with van der Waals surface area (Å²) >= 11 is 0. The van der Waals surface area contributed by atoms with E-state index in [0.29, 0.717) is 5.56 Å². The van der Waals surface area contributed by atoms with Crippen LogP contribution < -0.4 is 10.1 Å². The van der Waals surface area contributed by atoms with Crippen molar-refractivity contribution in [3.05, 3.63) is 78.4 Å². The van der Waals surface area contributed by atoms with Crippen molar-refractivity contribution >= 4 is 22.5 Å². The predicted molar refractivity (Wildman–Crippen MR) is 104 cm³/mol. The van der Waals surface area contributed by atoms with Crippen molar-refractivity contribution in [2.24, 2.45) is 0 Å². The third-order valence-electron chi connectivity index (χ3n) is 4.11. The topological polar surface area (TPSA) is 56.1 Å². The number of benzene rings is 1. The number of hydrogen-bond donors (Lipinski definition) is 1. The van der Waals surface area contributed by atoms with Crippen LogP contribution in [0.3, 0.4) is 0 Å². The second-order valence-electron chi connectivity index (χ2n) is 5.96. The van der Waals surface area contributed by atoms with Gasteiger partial charge in [0.25, 0.3) is 5.91 Å². The van der Waals surface area contributed by atoms with Crippen molar-refractivity contribution < 1.29 is 9.53 Å². The Morgan fingerprint density at radius 3 is 2.62 bits per heavy atom. The SMILES string of the molecule is COc1ccc(C(=O)N/C(C)=C/C=C(\C)n2ccc3ccncc32)cc1. The van der Waals surface area contributed by atoms with Crippen LogP contribution in [-0.2, 0) is 0 Å². The zero-order chi connectivity index (χ0) is 18.5. The summed E-state index contributed by atoms with van der Waals surface area (Å²) in [5, 5.41) is 4.03. The van der Waals surface area contributed by atoms with E-state index < -0.39 is 0 Å². The minimum Gasteiger partial charge on any atom is -0.497 e. The molecule has 1 amide bonds. The molecule has 0 aliphatic carbocycles. The summed E-state index contributed by atoms with van der Waals surface area (Å²) in [5.74, 6) is 0.573. The Bertz CT molecular complexity index is 982. The number of aromatic nitrogens is 2. The summed E-state index contributed by atoms with van der Waals surface area (Å²) in [4.78, 5) is 16.5. The lowest BCUT2D eigenvalue weighted by atomic mass is 10.2. The highest BCUT2D eigenvalue weighted by molar-refractivity contribution is 5.95. The summed E-state index contributed by atoms with van der Waals surface area (Å²) in [5.41, 5.74) is 3.43. The fourth-order valence-corrected chi connectivity index (χ4v) is 2.64. The first-order valence-electron chi connectivity index (χ1n) is 8.30. The first kappa shape index (κ1) is 17.5. The standard InChI is InChI=1S/C21H21N3O2/c1-15(23-21(25)18-6-8-19(26-3)9-7-18)4-5-16(2)24-13-11-17-10-12-22-14-20(17)24/h4-14H,1-3H3,(H,23,25)/b15-4+,16-5+. The van der Waals surface area contributed by atoms with Crippen LogP contribution in [0.5, 0.6) is 5.75 Å². The largest absolute Gasteiger partial charge is 0.497 e. The molecule has 0 aliphatic rings. The van der Waals surface area contributed by atoms with E-state index in [1.807, 2.05) is 44.5 Å². The number of fused-ring (bicyclic) bond motifs is 1. The molecular formula is C21H21N3O2. The number of ether oxygens (including phenoxy) is 1. The number of amides is 1. The molecule has 0 saturated heterocycles. The molecule has 2 aromatic heterocycles. The first-order chi connectivity index (χ1) is 12.6. The van der Waals surface area contributed by atoms with E-state index in [2.05, 4.69) is 20.9 Å². The van der Waals surface area contributed by atoms with Crippen LogP contribution in [0, 0.1) is 0 Å². The van der Waals surface area contributed by atoms with Gasteiger partial charge in [0, 0.05) is 34.7 Å². The third-order valence-corrected chi connectivity index (χ3v) is 4.11. The minimum atomic E-state index is -0.150. The Hall–Kier alpha value is -3.34. The lowest BCUT2D eigenvalue weighted by molar-refractivity contribution is 0.0966. The van der Waals surface area contributed by atoms with Crippen molar-refractivity contribution in [3.63, 3.8) is 0 Å². The number of rotatable bonds is 5. The summed E-state index contributed by atoms with van der Waals surface area (Å²) in [6.45, 7) is 3.88. The molecule has 5 heteroatoms. The van der Waals surface area contributed by atoms with Gasteiger partial charge in [-0.15, -0.1) is 0 Å². The Kier molecular flexibility index (Phi) is 5.17. The fourth-order valence-electron chi connectivity index (χ4n) is 2.64. The maximum absolute atomic E-state index is 12.3. The van der Waals surface area contributed by atoms with E-state index in [4.69, 9.17) is 4.74 Å². The molecule has 1 aromatic carbocycles. The molecule has 132 valence electrons. The van der Waals surface area contributed by atoms with E-state index in [1.165, 1.54) is 0 Å². The van der Waals surface area contributed by atoms with Gasteiger partial charge in [-0.25, -0.2) is 0 Å². The van der Waals surface area contributed by atoms with Crippen molar-refractivity contribution in [1.82, 2.24) is 14.9 Å². The summed E-state index contributed by atoms with van der Waals surface area (Å²) < 4.78 is 7.17. The quantitative estimate of drug-likeness (QED) is 0.702. The van der Waals surface area contributed by atoms with Gasteiger partial charge >= 0.3 is 0 Å². The molecule has 2 heterocycles. The van der Waals surface area contributed by atoms with Gasteiger partial charge in [0.05, 0.1) is 18.8 Å².